The first-order chi connectivity index (χ1) is 6.74. The summed E-state index contributed by atoms with van der Waals surface area (Å²) in [4.78, 5) is 3.90. The zero-order chi connectivity index (χ0) is 10.1. The molecule has 0 radical (unpaired) electrons. The fourth-order valence-corrected chi connectivity index (χ4v) is 2.91. The average Bonchev–Trinajstić information content (AvgIpc) is 2.51. The van der Waals surface area contributed by atoms with Crippen molar-refractivity contribution in [2.24, 2.45) is 22.7 Å². The maximum atomic E-state index is 3.90. The second-order valence-electron chi connectivity index (χ2n) is 4.64. The Kier molecular flexibility index (Phi) is 2.58. The summed E-state index contributed by atoms with van der Waals surface area (Å²) in [6, 6.07) is 0. The quantitative estimate of drug-likeness (QED) is 0.473. The first kappa shape index (κ1) is 9.70. The van der Waals surface area contributed by atoms with Crippen molar-refractivity contribution in [1.29, 1.82) is 0 Å². The first-order valence-corrected chi connectivity index (χ1v) is 5.58. The molecule has 0 amide bonds. The average molecular weight is 189 g/mol. The van der Waals surface area contributed by atoms with Gasteiger partial charge in [0.1, 0.15) is 0 Å². The number of hydrogen-bond acceptors (Lipinski definition) is 1. The molecule has 0 aromatic rings. The van der Waals surface area contributed by atoms with Gasteiger partial charge in [-0.3, -0.25) is 4.99 Å². The van der Waals surface area contributed by atoms with E-state index in [1.165, 1.54) is 19.3 Å². The minimum atomic E-state index is 0.807. The molecule has 0 aromatic heterocycles. The van der Waals surface area contributed by atoms with E-state index < -0.39 is 0 Å². The molecular weight excluding hydrogens is 170 g/mol. The molecule has 3 atom stereocenters. The van der Waals surface area contributed by atoms with Gasteiger partial charge in [0.05, 0.1) is 0 Å². The standard InChI is InChI=1S/C13H19N/c1-4-10-6-12-8-11(13(12)7-10)5-9(2)14-3/h7,11-13H,2-6,8H2,1H3. The number of fused-ring (bicyclic) bond motifs is 1. The van der Waals surface area contributed by atoms with Crippen molar-refractivity contribution < 1.29 is 0 Å². The van der Waals surface area contributed by atoms with Crippen LogP contribution in [0.3, 0.4) is 0 Å². The van der Waals surface area contributed by atoms with Gasteiger partial charge in [-0.2, -0.15) is 0 Å². The normalized spacial score (nSPS) is 34.4. The van der Waals surface area contributed by atoms with Crippen LogP contribution in [-0.2, 0) is 0 Å². The molecule has 2 aliphatic carbocycles. The molecule has 0 N–H and O–H groups in total. The fraction of sp³-hybridized carbons (Fsp3) is 0.615. The molecule has 2 rings (SSSR count). The Hall–Kier alpha value is -0.850. The number of hydrogen-bond donors (Lipinski definition) is 0. The summed E-state index contributed by atoms with van der Waals surface area (Å²) in [6.07, 6.45) is 7.53. The van der Waals surface area contributed by atoms with E-state index >= 15 is 0 Å². The molecule has 3 unspecified atom stereocenters. The van der Waals surface area contributed by atoms with E-state index in [4.69, 9.17) is 0 Å². The Morgan fingerprint density at radius 1 is 1.64 bits per heavy atom. The summed E-state index contributed by atoms with van der Waals surface area (Å²) >= 11 is 0. The third-order valence-corrected chi connectivity index (χ3v) is 3.82. The summed E-state index contributed by atoms with van der Waals surface area (Å²) in [6.45, 7) is 9.68. The zero-order valence-corrected chi connectivity index (χ0v) is 9.00. The SMILES string of the molecule is C=NC(=C)CC1CC2CC(CC)=CC12. The van der Waals surface area contributed by atoms with Gasteiger partial charge in [-0.05, 0) is 50.2 Å². The van der Waals surface area contributed by atoms with Gasteiger partial charge >= 0.3 is 0 Å². The summed E-state index contributed by atoms with van der Waals surface area (Å²) < 4.78 is 0. The van der Waals surface area contributed by atoms with Crippen LogP contribution in [0.1, 0.15) is 32.6 Å². The highest BCUT2D eigenvalue weighted by Crippen LogP contribution is 2.52. The van der Waals surface area contributed by atoms with E-state index in [2.05, 4.69) is 31.3 Å². The fourth-order valence-electron chi connectivity index (χ4n) is 2.91. The van der Waals surface area contributed by atoms with Crippen LogP contribution in [0, 0.1) is 17.8 Å². The van der Waals surface area contributed by atoms with Gasteiger partial charge in [-0.15, -0.1) is 0 Å². The van der Waals surface area contributed by atoms with Crippen molar-refractivity contribution in [3.63, 3.8) is 0 Å². The molecule has 2 aliphatic rings. The van der Waals surface area contributed by atoms with Gasteiger partial charge in [-0.1, -0.05) is 25.2 Å². The van der Waals surface area contributed by atoms with Crippen LogP contribution in [0.25, 0.3) is 0 Å². The van der Waals surface area contributed by atoms with E-state index in [1.807, 2.05) is 0 Å². The van der Waals surface area contributed by atoms with Crippen molar-refractivity contribution in [1.82, 2.24) is 0 Å². The Morgan fingerprint density at radius 2 is 2.43 bits per heavy atom. The molecule has 14 heavy (non-hydrogen) atoms. The van der Waals surface area contributed by atoms with Crippen LogP contribution in [0.2, 0.25) is 0 Å². The molecule has 1 heteroatoms. The van der Waals surface area contributed by atoms with E-state index in [1.54, 1.807) is 5.57 Å². The van der Waals surface area contributed by atoms with E-state index in [0.29, 0.717) is 0 Å². The Labute approximate surface area is 86.6 Å². The van der Waals surface area contributed by atoms with Gasteiger partial charge in [0, 0.05) is 5.70 Å². The number of aliphatic imine (C=N–C) groups is 1. The number of allylic oxidation sites excluding steroid dienone is 3. The van der Waals surface area contributed by atoms with Crippen molar-refractivity contribution >= 4 is 6.72 Å². The summed E-state index contributed by atoms with van der Waals surface area (Å²) in [5, 5.41) is 0. The first-order valence-electron chi connectivity index (χ1n) is 5.58. The molecule has 0 heterocycles. The van der Waals surface area contributed by atoms with Crippen LogP contribution in [0.4, 0.5) is 0 Å². The van der Waals surface area contributed by atoms with Crippen molar-refractivity contribution in [3.05, 3.63) is 23.9 Å². The van der Waals surface area contributed by atoms with Crippen LogP contribution >= 0.6 is 0 Å². The molecule has 1 saturated carbocycles. The minimum absolute atomic E-state index is 0.807. The van der Waals surface area contributed by atoms with Crippen molar-refractivity contribution in [2.75, 3.05) is 0 Å². The van der Waals surface area contributed by atoms with E-state index in [0.717, 1.165) is 29.9 Å². The lowest BCUT2D eigenvalue weighted by Crippen LogP contribution is -2.32. The molecule has 0 spiro atoms. The maximum absolute atomic E-state index is 3.90. The van der Waals surface area contributed by atoms with Crippen LogP contribution in [0.15, 0.2) is 28.9 Å². The van der Waals surface area contributed by atoms with E-state index in [9.17, 15) is 0 Å². The van der Waals surface area contributed by atoms with Crippen LogP contribution < -0.4 is 0 Å². The van der Waals surface area contributed by atoms with E-state index in [-0.39, 0.29) is 0 Å². The van der Waals surface area contributed by atoms with Crippen LogP contribution in [0.5, 0.6) is 0 Å². The molecule has 1 nitrogen and oxygen atoms in total. The molecule has 0 aliphatic heterocycles. The predicted octanol–water partition coefficient (Wildman–Crippen LogP) is 3.58. The minimum Gasteiger partial charge on any atom is -0.270 e. The third-order valence-electron chi connectivity index (χ3n) is 3.82. The smallest absolute Gasteiger partial charge is 0.0327 e. The predicted molar refractivity (Wildman–Crippen MR) is 61.4 cm³/mol. The topological polar surface area (TPSA) is 12.4 Å². The summed E-state index contributed by atoms with van der Waals surface area (Å²) in [5.41, 5.74) is 2.63. The zero-order valence-electron chi connectivity index (χ0n) is 9.00. The second-order valence-corrected chi connectivity index (χ2v) is 4.64. The lowest BCUT2D eigenvalue weighted by molar-refractivity contribution is 0.129. The molecule has 76 valence electrons. The Balaban J connectivity index is 1.91. The van der Waals surface area contributed by atoms with Crippen LogP contribution in [-0.4, -0.2) is 6.72 Å². The van der Waals surface area contributed by atoms with Crippen molar-refractivity contribution in [2.45, 2.75) is 32.6 Å². The van der Waals surface area contributed by atoms with Crippen molar-refractivity contribution in [3.8, 4) is 0 Å². The van der Waals surface area contributed by atoms with Gasteiger partial charge in [0.2, 0.25) is 0 Å². The summed E-state index contributed by atoms with van der Waals surface area (Å²) in [7, 11) is 0. The molecular formula is C13H19N. The van der Waals surface area contributed by atoms with Gasteiger partial charge in [0.15, 0.2) is 0 Å². The number of nitrogens with zero attached hydrogens (tertiary/aromatic N) is 1. The molecule has 0 saturated heterocycles. The number of rotatable bonds is 4. The van der Waals surface area contributed by atoms with Gasteiger partial charge in [0.25, 0.3) is 0 Å². The second kappa shape index (κ2) is 3.72. The lowest BCUT2D eigenvalue weighted by atomic mass is 9.65. The molecule has 0 bridgehead atoms. The molecule has 0 aromatic carbocycles. The van der Waals surface area contributed by atoms with Gasteiger partial charge < -0.3 is 0 Å². The molecule has 1 fully saturated rings. The third kappa shape index (κ3) is 1.56. The highest BCUT2D eigenvalue weighted by atomic mass is 14.7. The Morgan fingerprint density at radius 3 is 3.07 bits per heavy atom. The summed E-state index contributed by atoms with van der Waals surface area (Å²) in [5.74, 6) is 2.60. The maximum Gasteiger partial charge on any atom is 0.0327 e. The highest BCUT2D eigenvalue weighted by Gasteiger charge is 2.42. The van der Waals surface area contributed by atoms with Gasteiger partial charge in [-0.25, -0.2) is 0 Å². The highest BCUT2D eigenvalue weighted by molar-refractivity contribution is 5.28. The lowest BCUT2D eigenvalue weighted by Gasteiger charge is -2.40. The Bertz CT molecular complexity index is 288. The largest absolute Gasteiger partial charge is 0.270 e. The monoisotopic (exact) mass is 189 g/mol.